The van der Waals surface area contributed by atoms with Crippen LogP contribution < -0.4 is 5.32 Å². The molecule has 2 aromatic heterocycles. The number of halogens is 1. The number of hydrogen-bond donors (Lipinski definition) is 1. The van der Waals surface area contributed by atoms with Gasteiger partial charge in [0.15, 0.2) is 5.16 Å². The highest BCUT2D eigenvalue weighted by Gasteiger charge is 2.28. The molecule has 4 aromatic rings. The Bertz CT molecular complexity index is 1340. The Hall–Kier alpha value is -3.19. The Balaban J connectivity index is 1.31. The number of nitrogens with one attached hydrogen (secondary N) is 1. The number of carbonyl (C=O) groups is 1. The normalized spacial score (nSPS) is 19.9. The topological polar surface area (TPSA) is 59.8 Å². The van der Waals surface area contributed by atoms with Gasteiger partial charge in [0.05, 0.1) is 23.8 Å². The molecule has 0 spiro atoms. The molecule has 0 saturated heterocycles. The van der Waals surface area contributed by atoms with Crippen LogP contribution in [0.15, 0.2) is 72.1 Å². The molecule has 0 aliphatic heterocycles. The van der Waals surface area contributed by atoms with Gasteiger partial charge in [-0.05, 0) is 59.7 Å². The van der Waals surface area contributed by atoms with Crippen LogP contribution in [0.5, 0.6) is 0 Å². The molecule has 5 nitrogen and oxygen atoms in total. The van der Waals surface area contributed by atoms with Crippen molar-refractivity contribution in [3.05, 3.63) is 89.5 Å². The maximum Gasteiger partial charge on any atom is 0.251 e. The predicted octanol–water partition coefficient (Wildman–Crippen LogP) is 6.47. The maximum absolute atomic E-state index is 13.3. The van der Waals surface area contributed by atoms with Crippen LogP contribution in [0.2, 0.25) is 0 Å². The number of imidazole rings is 1. The van der Waals surface area contributed by atoms with Gasteiger partial charge in [-0.15, -0.1) is 0 Å². The average Bonchev–Trinajstić information content (AvgIpc) is 3.24. The second-order valence-corrected chi connectivity index (χ2v) is 10.7. The van der Waals surface area contributed by atoms with Gasteiger partial charge in [-0.1, -0.05) is 62.7 Å². The standard InChI is InChI=1S/C29H31FN4OS/c1-19-4-3-5-25(20(19)2)32-28(35)23-10-6-21(7-11-23)17-34-27-16-31-15-14-26(27)33-29(34)36-18-22-8-12-24(30)13-9-22/h6-16,19-20,25H,3-5,17-18H2,1-2H3,(H,32,35). The molecule has 3 atom stereocenters. The number of hydrogen-bond acceptors (Lipinski definition) is 4. The van der Waals surface area contributed by atoms with Crippen LogP contribution in [0.1, 0.15) is 54.6 Å². The molecular weight excluding hydrogens is 471 g/mol. The van der Waals surface area contributed by atoms with E-state index in [1.54, 1.807) is 30.1 Å². The van der Waals surface area contributed by atoms with E-state index in [1.165, 1.54) is 25.0 Å². The summed E-state index contributed by atoms with van der Waals surface area (Å²) in [5, 5.41) is 4.14. The molecule has 3 unspecified atom stereocenters. The minimum absolute atomic E-state index is 0.000299. The third kappa shape index (κ3) is 5.46. The van der Waals surface area contributed by atoms with Gasteiger partial charge in [-0.25, -0.2) is 9.37 Å². The van der Waals surface area contributed by atoms with E-state index in [0.29, 0.717) is 29.7 Å². The van der Waals surface area contributed by atoms with Crippen molar-refractivity contribution in [1.29, 1.82) is 0 Å². The molecule has 7 heteroatoms. The highest BCUT2D eigenvalue weighted by atomic mass is 32.2. The Morgan fingerprint density at radius 3 is 2.58 bits per heavy atom. The fourth-order valence-corrected chi connectivity index (χ4v) is 5.89. The van der Waals surface area contributed by atoms with E-state index in [1.807, 2.05) is 36.5 Å². The van der Waals surface area contributed by atoms with Crippen LogP contribution in [-0.4, -0.2) is 26.5 Å². The van der Waals surface area contributed by atoms with E-state index in [4.69, 9.17) is 4.98 Å². The maximum atomic E-state index is 13.3. The molecule has 5 rings (SSSR count). The number of amides is 1. The van der Waals surface area contributed by atoms with Crippen molar-refractivity contribution in [2.75, 3.05) is 0 Å². The van der Waals surface area contributed by atoms with Crippen LogP contribution in [0, 0.1) is 17.7 Å². The summed E-state index contributed by atoms with van der Waals surface area (Å²) in [5.41, 5.74) is 4.65. The van der Waals surface area contributed by atoms with E-state index in [2.05, 4.69) is 28.7 Å². The quantitative estimate of drug-likeness (QED) is 0.295. The molecule has 36 heavy (non-hydrogen) atoms. The van der Waals surface area contributed by atoms with Crippen molar-refractivity contribution < 1.29 is 9.18 Å². The summed E-state index contributed by atoms with van der Waals surface area (Å²) in [7, 11) is 0. The van der Waals surface area contributed by atoms with Crippen LogP contribution in [0.25, 0.3) is 11.0 Å². The van der Waals surface area contributed by atoms with Crippen LogP contribution in [0.3, 0.4) is 0 Å². The summed E-state index contributed by atoms with van der Waals surface area (Å²) in [6.45, 7) is 5.14. The number of fused-ring (bicyclic) bond motifs is 1. The lowest BCUT2D eigenvalue weighted by Crippen LogP contribution is -2.43. The highest BCUT2D eigenvalue weighted by molar-refractivity contribution is 7.98. The summed E-state index contributed by atoms with van der Waals surface area (Å²) >= 11 is 1.62. The monoisotopic (exact) mass is 502 g/mol. The molecule has 1 N–H and O–H groups in total. The Morgan fingerprint density at radius 2 is 1.81 bits per heavy atom. The molecule has 1 amide bonds. The highest BCUT2D eigenvalue weighted by Crippen LogP contribution is 2.30. The summed E-state index contributed by atoms with van der Waals surface area (Å²) in [6, 6.07) is 16.6. The summed E-state index contributed by atoms with van der Waals surface area (Å²) < 4.78 is 15.4. The molecule has 1 saturated carbocycles. The SMILES string of the molecule is CC1CCCC(NC(=O)c2ccc(Cn3c(SCc4ccc(F)cc4)nc4ccncc43)cc2)C1C. The Morgan fingerprint density at radius 1 is 1.06 bits per heavy atom. The average molecular weight is 503 g/mol. The number of carbonyl (C=O) groups excluding carboxylic acids is 1. The number of aromatic nitrogens is 3. The first kappa shape index (κ1) is 24.5. The lowest BCUT2D eigenvalue weighted by Gasteiger charge is -2.34. The second-order valence-electron chi connectivity index (χ2n) is 9.80. The second kappa shape index (κ2) is 10.8. The number of pyridine rings is 1. The fourth-order valence-electron chi connectivity index (χ4n) is 4.92. The van der Waals surface area contributed by atoms with E-state index < -0.39 is 0 Å². The van der Waals surface area contributed by atoms with E-state index in [0.717, 1.165) is 33.7 Å². The molecule has 2 aromatic carbocycles. The largest absolute Gasteiger partial charge is 0.349 e. The lowest BCUT2D eigenvalue weighted by molar-refractivity contribution is 0.0891. The van der Waals surface area contributed by atoms with E-state index in [-0.39, 0.29) is 17.8 Å². The van der Waals surface area contributed by atoms with Gasteiger partial charge in [0.2, 0.25) is 0 Å². The van der Waals surface area contributed by atoms with Gasteiger partial charge >= 0.3 is 0 Å². The van der Waals surface area contributed by atoms with Crippen LogP contribution in [0.4, 0.5) is 4.39 Å². The first-order valence-corrected chi connectivity index (χ1v) is 13.5. The minimum Gasteiger partial charge on any atom is -0.349 e. The molecule has 1 fully saturated rings. The lowest BCUT2D eigenvalue weighted by atomic mass is 9.78. The van der Waals surface area contributed by atoms with Crippen LogP contribution >= 0.6 is 11.8 Å². The molecule has 186 valence electrons. The van der Waals surface area contributed by atoms with E-state index in [9.17, 15) is 9.18 Å². The molecule has 2 heterocycles. The molecular formula is C29H31FN4OS. The number of nitrogens with zero attached hydrogens (tertiary/aromatic N) is 3. The third-order valence-electron chi connectivity index (χ3n) is 7.38. The van der Waals surface area contributed by atoms with E-state index >= 15 is 0 Å². The third-order valence-corrected chi connectivity index (χ3v) is 8.42. The number of thioether (sulfide) groups is 1. The molecule has 1 aliphatic rings. The zero-order chi connectivity index (χ0) is 25.1. The van der Waals surface area contributed by atoms with Crippen molar-refractivity contribution >= 4 is 28.7 Å². The molecule has 0 bridgehead atoms. The van der Waals surface area contributed by atoms with Crippen molar-refractivity contribution in [1.82, 2.24) is 19.9 Å². The van der Waals surface area contributed by atoms with Gasteiger partial charge in [-0.3, -0.25) is 9.78 Å². The van der Waals surface area contributed by atoms with Crippen molar-refractivity contribution in [2.45, 2.75) is 56.6 Å². The predicted molar refractivity (Wildman–Crippen MR) is 142 cm³/mol. The van der Waals surface area contributed by atoms with Gasteiger partial charge in [0.1, 0.15) is 5.82 Å². The zero-order valence-electron chi connectivity index (χ0n) is 20.7. The fraction of sp³-hybridized carbons (Fsp3) is 0.345. The van der Waals surface area contributed by atoms with Gasteiger partial charge < -0.3 is 9.88 Å². The Kier molecular flexibility index (Phi) is 7.37. The zero-order valence-corrected chi connectivity index (χ0v) is 21.5. The first-order valence-electron chi connectivity index (χ1n) is 12.6. The number of benzene rings is 2. The summed E-state index contributed by atoms with van der Waals surface area (Å²) in [4.78, 5) is 22.0. The summed E-state index contributed by atoms with van der Waals surface area (Å²) in [6.07, 6.45) is 7.04. The van der Waals surface area contributed by atoms with Gasteiger partial charge in [0.25, 0.3) is 5.91 Å². The van der Waals surface area contributed by atoms with Crippen molar-refractivity contribution in [3.63, 3.8) is 0 Å². The van der Waals surface area contributed by atoms with Crippen molar-refractivity contribution in [2.24, 2.45) is 11.8 Å². The Labute approximate surface area is 215 Å². The molecule has 0 radical (unpaired) electrons. The van der Waals surface area contributed by atoms with Gasteiger partial charge in [-0.2, -0.15) is 0 Å². The number of rotatable bonds is 7. The van der Waals surface area contributed by atoms with Crippen LogP contribution in [-0.2, 0) is 12.3 Å². The van der Waals surface area contributed by atoms with Gasteiger partial charge in [0, 0.05) is 23.6 Å². The summed E-state index contributed by atoms with van der Waals surface area (Å²) in [5.74, 6) is 1.59. The smallest absolute Gasteiger partial charge is 0.251 e. The first-order chi connectivity index (χ1) is 17.5. The molecule has 1 aliphatic carbocycles. The van der Waals surface area contributed by atoms with Crippen molar-refractivity contribution in [3.8, 4) is 0 Å². The minimum atomic E-state index is -0.234.